The van der Waals surface area contributed by atoms with Gasteiger partial charge in [-0.05, 0) is 97.2 Å². The second-order valence-electron chi connectivity index (χ2n) is 12.7. The minimum Gasteiger partial charge on any atom is -0.299 e. The van der Waals surface area contributed by atoms with Gasteiger partial charge in [0.2, 0.25) is 0 Å². The fraction of sp³-hybridized carbons (Fsp3) is 0.897. The summed E-state index contributed by atoms with van der Waals surface area (Å²) >= 11 is 0. The van der Waals surface area contributed by atoms with Crippen molar-refractivity contribution in [3.05, 3.63) is 11.6 Å². The van der Waals surface area contributed by atoms with Crippen LogP contribution < -0.4 is 0 Å². The lowest BCUT2D eigenvalue weighted by atomic mass is 9.47. The molecule has 170 valence electrons. The Bertz CT molecular complexity index is 674. The maximum absolute atomic E-state index is 12.1. The van der Waals surface area contributed by atoms with Gasteiger partial charge in [0.25, 0.3) is 0 Å². The van der Waals surface area contributed by atoms with Crippen molar-refractivity contribution in [2.75, 3.05) is 0 Å². The molecule has 1 heteroatoms. The van der Waals surface area contributed by atoms with E-state index in [-0.39, 0.29) is 0 Å². The molecule has 4 aliphatic rings. The number of allylic oxidation sites excluding steroid dienone is 2. The Morgan fingerprint density at radius 3 is 2.50 bits per heavy atom. The van der Waals surface area contributed by atoms with E-state index in [4.69, 9.17) is 0 Å². The van der Waals surface area contributed by atoms with Crippen molar-refractivity contribution in [2.24, 2.45) is 52.3 Å². The van der Waals surface area contributed by atoms with Crippen molar-refractivity contribution < 1.29 is 4.79 Å². The summed E-state index contributed by atoms with van der Waals surface area (Å²) < 4.78 is 0. The molecule has 0 radical (unpaired) electrons. The maximum Gasteiger partial charge on any atom is 0.136 e. The molecular weight excluding hydrogens is 364 g/mol. The number of ketones is 1. The van der Waals surface area contributed by atoms with E-state index in [1.165, 1.54) is 56.9 Å². The van der Waals surface area contributed by atoms with Crippen molar-refractivity contribution >= 4 is 5.78 Å². The largest absolute Gasteiger partial charge is 0.299 e. The van der Waals surface area contributed by atoms with Gasteiger partial charge in [-0.25, -0.2) is 0 Å². The number of Topliss-reactive ketones (excluding diaryl/α,β-unsaturated/α-hetero) is 1. The van der Waals surface area contributed by atoms with E-state index in [1.807, 2.05) is 0 Å². The highest BCUT2D eigenvalue weighted by molar-refractivity contribution is 5.82. The van der Waals surface area contributed by atoms with Crippen molar-refractivity contribution in [3.8, 4) is 0 Å². The van der Waals surface area contributed by atoms with Crippen LogP contribution in [-0.2, 0) is 4.79 Å². The van der Waals surface area contributed by atoms with Crippen LogP contribution in [0.2, 0.25) is 0 Å². The average molecular weight is 413 g/mol. The predicted octanol–water partition coefficient (Wildman–Crippen LogP) is 8.23. The van der Waals surface area contributed by atoms with Crippen LogP contribution in [0.1, 0.15) is 112 Å². The Morgan fingerprint density at radius 2 is 1.80 bits per heavy atom. The third kappa shape index (κ3) is 3.65. The van der Waals surface area contributed by atoms with E-state index in [1.54, 1.807) is 0 Å². The van der Waals surface area contributed by atoms with Crippen LogP contribution in [0.25, 0.3) is 0 Å². The third-order valence-electron chi connectivity index (χ3n) is 11.2. The SMILES string of the molecule is CC[C@H](CC[C@@H](C)[C@H]1CC[C@H]2[C@@H]3CC=C4CC(=O)CC[C@]4(C)[C@@H]3CC[C@]12C)C(C)C. The normalized spacial score (nSPS) is 42.9. The molecule has 0 unspecified atom stereocenters. The van der Waals surface area contributed by atoms with Crippen molar-refractivity contribution in [1.82, 2.24) is 0 Å². The summed E-state index contributed by atoms with van der Waals surface area (Å²) in [5.41, 5.74) is 2.41. The molecule has 0 aliphatic heterocycles. The van der Waals surface area contributed by atoms with E-state index in [0.29, 0.717) is 16.6 Å². The Morgan fingerprint density at radius 1 is 1.03 bits per heavy atom. The van der Waals surface area contributed by atoms with Gasteiger partial charge in [-0.1, -0.05) is 66.0 Å². The minimum absolute atomic E-state index is 0.327. The molecule has 0 saturated heterocycles. The zero-order chi connectivity index (χ0) is 21.7. The molecule has 0 spiro atoms. The summed E-state index contributed by atoms with van der Waals surface area (Å²) in [7, 11) is 0. The molecule has 0 bridgehead atoms. The zero-order valence-electron chi connectivity index (χ0n) is 20.8. The predicted molar refractivity (Wildman–Crippen MR) is 127 cm³/mol. The van der Waals surface area contributed by atoms with Gasteiger partial charge in [-0.2, -0.15) is 0 Å². The van der Waals surface area contributed by atoms with Crippen molar-refractivity contribution in [1.29, 1.82) is 0 Å². The van der Waals surface area contributed by atoms with E-state index in [2.05, 4.69) is 47.6 Å². The standard InChI is InChI=1S/C29H48O/c1-7-21(19(2)3)9-8-20(4)25-12-13-26-24-11-10-22-18-23(30)14-16-28(22,5)27(24)15-17-29(25,26)6/h10,19-21,24-27H,7-9,11-18H2,1-6H3/t20-,21-,24+,25-,26+,27-,28+,29-/m1/s1. The second kappa shape index (κ2) is 8.40. The first-order chi connectivity index (χ1) is 14.2. The van der Waals surface area contributed by atoms with E-state index >= 15 is 0 Å². The van der Waals surface area contributed by atoms with Gasteiger partial charge in [0.05, 0.1) is 0 Å². The van der Waals surface area contributed by atoms with Crippen LogP contribution in [0.4, 0.5) is 0 Å². The molecule has 30 heavy (non-hydrogen) atoms. The first-order valence-electron chi connectivity index (χ1n) is 13.4. The fourth-order valence-electron chi connectivity index (χ4n) is 9.14. The highest BCUT2D eigenvalue weighted by Crippen LogP contribution is 2.67. The van der Waals surface area contributed by atoms with Crippen LogP contribution >= 0.6 is 0 Å². The van der Waals surface area contributed by atoms with Gasteiger partial charge in [0.15, 0.2) is 0 Å². The van der Waals surface area contributed by atoms with Gasteiger partial charge < -0.3 is 0 Å². The Balaban J connectivity index is 1.48. The summed E-state index contributed by atoms with van der Waals surface area (Å²) in [5.74, 6) is 6.66. The minimum atomic E-state index is 0.327. The van der Waals surface area contributed by atoms with Crippen LogP contribution in [0.5, 0.6) is 0 Å². The van der Waals surface area contributed by atoms with Gasteiger partial charge in [0, 0.05) is 12.8 Å². The molecule has 4 aliphatic carbocycles. The molecule has 3 saturated carbocycles. The number of rotatable bonds is 6. The number of fused-ring (bicyclic) bond motifs is 5. The number of carbonyl (C=O) groups is 1. The molecule has 4 rings (SSSR count). The quantitative estimate of drug-likeness (QED) is 0.401. The van der Waals surface area contributed by atoms with Crippen LogP contribution in [0, 0.1) is 52.3 Å². The highest BCUT2D eigenvalue weighted by Gasteiger charge is 2.59. The van der Waals surface area contributed by atoms with E-state index < -0.39 is 0 Å². The third-order valence-corrected chi connectivity index (χ3v) is 11.2. The lowest BCUT2D eigenvalue weighted by Crippen LogP contribution is -2.50. The maximum atomic E-state index is 12.1. The van der Waals surface area contributed by atoms with Crippen LogP contribution in [0.3, 0.4) is 0 Å². The second-order valence-corrected chi connectivity index (χ2v) is 12.7. The number of hydrogen-bond acceptors (Lipinski definition) is 1. The smallest absolute Gasteiger partial charge is 0.136 e. The summed E-state index contributed by atoms with van der Waals surface area (Å²) in [6.07, 6.45) is 16.5. The Labute approximate surface area is 186 Å². The highest BCUT2D eigenvalue weighted by atomic mass is 16.1. The molecule has 1 nitrogen and oxygen atoms in total. The molecule has 0 aromatic heterocycles. The summed E-state index contributed by atoms with van der Waals surface area (Å²) in [6.45, 7) is 15.0. The van der Waals surface area contributed by atoms with Crippen LogP contribution in [0.15, 0.2) is 11.6 Å². The lowest BCUT2D eigenvalue weighted by Gasteiger charge is -2.58. The number of hydrogen-bond donors (Lipinski definition) is 0. The molecule has 0 heterocycles. The monoisotopic (exact) mass is 412 g/mol. The molecule has 0 aromatic carbocycles. The van der Waals surface area contributed by atoms with Gasteiger partial charge in [-0.15, -0.1) is 0 Å². The first kappa shape index (κ1) is 22.6. The van der Waals surface area contributed by atoms with Crippen LogP contribution in [-0.4, -0.2) is 5.78 Å². The lowest BCUT2D eigenvalue weighted by molar-refractivity contribution is -0.122. The van der Waals surface area contributed by atoms with Gasteiger partial charge in [-0.3, -0.25) is 4.79 Å². The van der Waals surface area contributed by atoms with Crippen molar-refractivity contribution in [3.63, 3.8) is 0 Å². The molecular formula is C29H48O. The topological polar surface area (TPSA) is 17.1 Å². The molecule has 3 fully saturated rings. The summed E-state index contributed by atoms with van der Waals surface area (Å²) in [5, 5.41) is 0. The van der Waals surface area contributed by atoms with Gasteiger partial charge >= 0.3 is 0 Å². The summed E-state index contributed by atoms with van der Waals surface area (Å²) in [4.78, 5) is 12.1. The zero-order valence-corrected chi connectivity index (χ0v) is 20.8. The first-order valence-corrected chi connectivity index (χ1v) is 13.4. The Hall–Kier alpha value is -0.590. The van der Waals surface area contributed by atoms with E-state index in [9.17, 15) is 4.79 Å². The molecule has 0 amide bonds. The number of carbonyl (C=O) groups excluding carboxylic acids is 1. The summed E-state index contributed by atoms with van der Waals surface area (Å²) in [6, 6.07) is 0. The molecule has 8 atom stereocenters. The molecule has 0 N–H and O–H groups in total. The van der Waals surface area contributed by atoms with E-state index in [0.717, 1.165) is 60.7 Å². The molecule has 0 aromatic rings. The average Bonchev–Trinajstić information content (AvgIpc) is 3.06. The van der Waals surface area contributed by atoms with Crippen molar-refractivity contribution in [2.45, 2.75) is 112 Å². The van der Waals surface area contributed by atoms with Gasteiger partial charge in [0.1, 0.15) is 5.78 Å². The fourth-order valence-corrected chi connectivity index (χ4v) is 9.14. The Kier molecular flexibility index (Phi) is 6.33.